The summed E-state index contributed by atoms with van der Waals surface area (Å²) >= 11 is 5.81. The lowest BCUT2D eigenvalue weighted by Gasteiger charge is -1.94. The van der Waals surface area contributed by atoms with Crippen molar-refractivity contribution in [3.05, 3.63) is 41.4 Å². The Balaban J connectivity index is 2.25. The summed E-state index contributed by atoms with van der Waals surface area (Å²) in [5.74, 6) is 0.794. The molecule has 0 aliphatic rings. The van der Waals surface area contributed by atoms with Crippen LogP contribution in [0.2, 0.25) is 5.02 Å². The van der Waals surface area contributed by atoms with Gasteiger partial charge in [-0.1, -0.05) is 30.7 Å². The minimum atomic E-state index is 0.732. The highest BCUT2D eigenvalue weighted by molar-refractivity contribution is 6.30. The van der Waals surface area contributed by atoms with Crippen molar-refractivity contribution in [3.63, 3.8) is 0 Å². The van der Waals surface area contributed by atoms with E-state index in [-0.39, 0.29) is 0 Å². The molecule has 0 aliphatic heterocycles. The van der Waals surface area contributed by atoms with Gasteiger partial charge in [-0.15, -0.1) is 0 Å². The second-order valence-corrected chi connectivity index (χ2v) is 3.82. The highest BCUT2D eigenvalue weighted by Gasteiger charge is 2.04. The molecule has 0 fully saturated rings. The molecule has 0 saturated heterocycles. The first kappa shape index (κ1) is 10.2. The summed E-state index contributed by atoms with van der Waals surface area (Å²) in [6.45, 7) is 2.10. The van der Waals surface area contributed by atoms with Gasteiger partial charge in [0.05, 0.1) is 0 Å². The summed E-state index contributed by atoms with van der Waals surface area (Å²) < 4.78 is 5.35. The van der Waals surface area contributed by atoms with Crippen LogP contribution in [0.25, 0.3) is 11.3 Å². The van der Waals surface area contributed by atoms with E-state index in [9.17, 15) is 0 Å². The van der Waals surface area contributed by atoms with Gasteiger partial charge in [-0.05, 0) is 18.6 Å². The molecule has 1 heterocycles. The molecular formula is C12H12ClNO. The summed E-state index contributed by atoms with van der Waals surface area (Å²) in [5.41, 5.74) is 1.90. The van der Waals surface area contributed by atoms with Gasteiger partial charge in [0.2, 0.25) is 0 Å². The monoisotopic (exact) mass is 221 g/mol. The predicted octanol–water partition coefficient (Wildman–Crippen LogP) is 3.95. The molecule has 2 nitrogen and oxygen atoms in total. The zero-order valence-corrected chi connectivity index (χ0v) is 9.29. The van der Waals surface area contributed by atoms with Crippen LogP contribution < -0.4 is 0 Å². The number of hydrogen-bond donors (Lipinski definition) is 0. The minimum Gasteiger partial charge on any atom is -0.448 e. The van der Waals surface area contributed by atoms with Crippen molar-refractivity contribution in [3.8, 4) is 11.3 Å². The Labute approximate surface area is 93.9 Å². The Morgan fingerprint density at radius 3 is 2.67 bits per heavy atom. The van der Waals surface area contributed by atoms with Gasteiger partial charge >= 0.3 is 0 Å². The van der Waals surface area contributed by atoms with Crippen LogP contribution in [0.5, 0.6) is 0 Å². The van der Waals surface area contributed by atoms with Gasteiger partial charge in [0, 0.05) is 17.0 Å². The van der Waals surface area contributed by atoms with Crippen LogP contribution in [0.3, 0.4) is 0 Å². The van der Waals surface area contributed by atoms with Crippen molar-refractivity contribution in [2.45, 2.75) is 19.8 Å². The highest BCUT2D eigenvalue weighted by Crippen LogP contribution is 2.21. The Morgan fingerprint density at radius 2 is 2.00 bits per heavy atom. The number of halogens is 1. The van der Waals surface area contributed by atoms with Gasteiger partial charge in [0.1, 0.15) is 12.0 Å². The van der Waals surface area contributed by atoms with Crippen molar-refractivity contribution >= 4 is 11.6 Å². The molecule has 15 heavy (non-hydrogen) atoms. The molecule has 0 amide bonds. The van der Waals surface area contributed by atoms with E-state index in [4.69, 9.17) is 16.0 Å². The lowest BCUT2D eigenvalue weighted by atomic mass is 10.2. The fourth-order valence-electron chi connectivity index (χ4n) is 1.39. The zero-order valence-electron chi connectivity index (χ0n) is 8.53. The van der Waals surface area contributed by atoms with E-state index in [2.05, 4.69) is 11.9 Å². The van der Waals surface area contributed by atoms with Crippen molar-refractivity contribution in [2.75, 3.05) is 0 Å². The van der Waals surface area contributed by atoms with Gasteiger partial charge in [0.15, 0.2) is 5.89 Å². The number of aryl methyl sites for hydroxylation is 1. The molecule has 0 radical (unpaired) electrons. The average Bonchev–Trinajstić information content (AvgIpc) is 2.68. The fourth-order valence-corrected chi connectivity index (χ4v) is 1.52. The fraction of sp³-hybridized carbons (Fsp3) is 0.250. The topological polar surface area (TPSA) is 26.0 Å². The number of nitrogens with zero attached hydrogens (tertiary/aromatic N) is 1. The third-order valence-corrected chi connectivity index (χ3v) is 2.41. The maximum atomic E-state index is 5.81. The second kappa shape index (κ2) is 4.49. The van der Waals surface area contributed by atoms with E-state index < -0.39 is 0 Å². The molecule has 0 bridgehead atoms. The molecule has 1 aromatic carbocycles. The lowest BCUT2D eigenvalue weighted by Crippen LogP contribution is -1.83. The standard InChI is InChI=1S/C12H12ClNO/c1-2-3-12-14-11(8-15-12)9-4-6-10(13)7-5-9/h4-8H,2-3H2,1H3. The van der Waals surface area contributed by atoms with Gasteiger partial charge in [-0.3, -0.25) is 0 Å². The van der Waals surface area contributed by atoms with Gasteiger partial charge in [0.25, 0.3) is 0 Å². The van der Waals surface area contributed by atoms with Crippen LogP contribution in [-0.4, -0.2) is 4.98 Å². The van der Waals surface area contributed by atoms with Crippen LogP contribution in [0.1, 0.15) is 19.2 Å². The Morgan fingerprint density at radius 1 is 1.27 bits per heavy atom. The van der Waals surface area contributed by atoms with Crippen LogP contribution >= 0.6 is 11.6 Å². The molecule has 78 valence electrons. The van der Waals surface area contributed by atoms with Crippen molar-refractivity contribution in [1.82, 2.24) is 4.98 Å². The van der Waals surface area contributed by atoms with Crippen LogP contribution in [0.15, 0.2) is 34.9 Å². The largest absolute Gasteiger partial charge is 0.448 e. The maximum absolute atomic E-state index is 5.81. The zero-order chi connectivity index (χ0) is 10.7. The van der Waals surface area contributed by atoms with Gasteiger partial charge in [-0.2, -0.15) is 0 Å². The van der Waals surface area contributed by atoms with E-state index >= 15 is 0 Å². The average molecular weight is 222 g/mol. The maximum Gasteiger partial charge on any atom is 0.194 e. The van der Waals surface area contributed by atoms with E-state index in [1.807, 2.05) is 24.3 Å². The molecule has 0 atom stereocenters. The summed E-state index contributed by atoms with van der Waals surface area (Å²) in [7, 11) is 0. The summed E-state index contributed by atoms with van der Waals surface area (Å²) in [5, 5.41) is 0.732. The lowest BCUT2D eigenvalue weighted by molar-refractivity contribution is 0.491. The van der Waals surface area contributed by atoms with Crippen LogP contribution in [0.4, 0.5) is 0 Å². The number of aromatic nitrogens is 1. The van der Waals surface area contributed by atoms with Crippen molar-refractivity contribution in [2.24, 2.45) is 0 Å². The molecule has 0 unspecified atom stereocenters. The predicted molar refractivity (Wildman–Crippen MR) is 60.9 cm³/mol. The highest BCUT2D eigenvalue weighted by atomic mass is 35.5. The van der Waals surface area contributed by atoms with Crippen molar-refractivity contribution in [1.29, 1.82) is 0 Å². The van der Waals surface area contributed by atoms with Crippen molar-refractivity contribution < 1.29 is 4.42 Å². The first-order chi connectivity index (χ1) is 7.29. The quantitative estimate of drug-likeness (QED) is 0.785. The van der Waals surface area contributed by atoms with E-state index in [0.717, 1.165) is 35.0 Å². The van der Waals surface area contributed by atoms with E-state index in [1.165, 1.54) is 0 Å². The second-order valence-electron chi connectivity index (χ2n) is 3.38. The smallest absolute Gasteiger partial charge is 0.194 e. The Kier molecular flexibility index (Phi) is 3.07. The normalized spacial score (nSPS) is 10.5. The van der Waals surface area contributed by atoms with Crippen LogP contribution in [-0.2, 0) is 6.42 Å². The summed E-state index contributed by atoms with van der Waals surface area (Å²) in [6, 6.07) is 7.59. The van der Waals surface area contributed by atoms with E-state index in [1.54, 1.807) is 6.26 Å². The number of oxazole rings is 1. The molecule has 0 N–H and O–H groups in total. The Bertz CT molecular complexity index is 433. The SMILES string of the molecule is CCCc1nc(-c2ccc(Cl)cc2)co1. The molecule has 0 aliphatic carbocycles. The van der Waals surface area contributed by atoms with Gasteiger partial charge < -0.3 is 4.42 Å². The number of benzene rings is 1. The molecule has 2 aromatic rings. The Hall–Kier alpha value is -1.28. The minimum absolute atomic E-state index is 0.732. The molecule has 0 saturated carbocycles. The third kappa shape index (κ3) is 2.39. The third-order valence-electron chi connectivity index (χ3n) is 2.16. The number of rotatable bonds is 3. The van der Waals surface area contributed by atoms with E-state index in [0.29, 0.717) is 0 Å². The van der Waals surface area contributed by atoms with Crippen LogP contribution in [0, 0.1) is 0 Å². The molecule has 2 rings (SSSR count). The summed E-state index contributed by atoms with van der Waals surface area (Å²) in [6.07, 6.45) is 3.61. The molecule has 1 aromatic heterocycles. The molecule has 0 spiro atoms. The first-order valence-electron chi connectivity index (χ1n) is 5.00. The van der Waals surface area contributed by atoms with Gasteiger partial charge in [-0.25, -0.2) is 4.98 Å². The number of hydrogen-bond acceptors (Lipinski definition) is 2. The molecule has 3 heteroatoms. The molecular weight excluding hydrogens is 210 g/mol. The summed E-state index contributed by atoms with van der Waals surface area (Å²) in [4.78, 5) is 4.39. The first-order valence-corrected chi connectivity index (χ1v) is 5.37.